The minimum absolute atomic E-state index is 0.107. The highest BCUT2D eigenvalue weighted by molar-refractivity contribution is 5.76. The molecule has 1 unspecified atom stereocenters. The van der Waals surface area contributed by atoms with Gasteiger partial charge < -0.3 is 14.8 Å². The maximum absolute atomic E-state index is 13.4. The number of hydrogen-bond acceptors (Lipinski definition) is 3. The van der Waals surface area contributed by atoms with Crippen molar-refractivity contribution in [1.82, 2.24) is 5.32 Å². The predicted octanol–water partition coefficient (Wildman–Crippen LogP) is 2.82. The number of aryl methyl sites for hydroxylation is 3. The number of furan rings is 1. The molecule has 1 heterocycles. The summed E-state index contributed by atoms with van der Waals surface area (Å²) in [6.45, 7) is 3.68. The van der Waals surface area contributed by atoms with Crippen LogP contribution < -0.4 is 5.32 Å². The van der Waals surface area contributed by atoms with Crippen LogP contribution in [-0.4, -0.2) is 17.6 Å². The molecule has 1 aromatic heterocycles. The molecule has 1 aromatic carbocycles. The Morgan fingerprint density at radius 3 is 2.73 bits per heavy atom. The molecular weight excluding hydrogens is 285 g/mol. The molecule has 0 aliphatic carbocycles. The summed E-state index contributed by atoms with van der Waals surface area (Å²) in [7, 11) is 0. The average molecular weight is 305 g/mol. The minimum atomic E-state index is -0.810. The van der Waals surface area contributed by atoms with Gasteiger partial charge in [0.1, 0.15) is 17.3 Å². The second kappa shape index (κ2) is 7.22. The average Bonchev–Trinajstić information content (AvgIpc) is 2.82. The first-order valence-corrected chi connectivity index (χ1v) is 7.22. The van der Waals surface area contributed by atoms with Gasteiger partial charge >= 0.3 is 0 Å². The lowest BCUT2D eigenvalue weighted by Crippen LogP contribution is -2.28. The van der Waals surface area contributed by atoms with Gasteiger partial charge in [0.15, 0.2) is 0 Å². The fraction of sp³-hybridized carbons (Fsp3) is 0.353. The minimum Gasteiger partial charge on any atom is -0.466 e. The van der Waals surface area contributed by atoms with Crippen molar-refractivity contribution >= 4 is 5.91 Å². The molecule has 0 saturated carbocycles. The van der Waals surface area contributed by atoms with E-state index in [4.69, 9.17) is 4.42 Å². The molecule has 118 valence electrons. The summed E-state index contributed by atoms with van der Waals surface area (Å²) < 4.78 is 18.8. The number of carbonyl (C=O) groups is 1. The maximum Gasteiger partial charge on any atom is 0.220 e. The second-order valence-electron chi connectivity index (χ2n) is 5.28. The van der Waals surface area contributed by atoms with Crippen molar-refractivity contribution in [3.63, 3.8) is 0 Å². The van der Waals surface area contributed by atoms with Crippen LogP contribution in [0.25, 0.3) is 0 Å². The Hall–Kier alpha value is -2.14. The molecule has 2 aromatic rings. The Morgan fingerprint density at radius 1 is 1.36 bits per heavy atom. The first-order valence-electron chi connectivity index (χ1n) is 7.22. The van der Waals surface area contributed by atoms with Gasteiger partial charge in [0.05, 0.1) is 6.10 Å². The molecule has 0 saturated heterocycles. The van der Waals surface area contributed by atoms with E-state index < -0.39 is 6.10 Å². The van der Waals surface area contributed by atoms with Crippen LogP contribution in [0.15, 0.2) is 34.7 Å². The molecule has 0 aliphatic heterocycles. The Kier molecular flexibility index (Phi) is 5.33. The molecule has 5 heteroatoms. The predicted molar refractivity (Wildman–Crippen MR) is 80.9 cm³/mol. The number of halogens is 1. The SMILES string of the molecule is Cc1cc(C(O)CNC(=O)CCc2ccccc2F)c(C)o1. The van der Waals surface area contributed by atoms with Gasteiger partial charge in [0, 0.05) is 18.5 Å². The molecule has 0 radical (unpaired) electrons. The molecule has 2 rings (SSSR count). The molecular formula is C17H20FNO3. The van der Waals surface area contributed by atoms with Crippen molar-refractivity contribution < 1.29 is 18.7 Å². The highest BCUT2D eigenvalue weighted by Crippen LogP contribution is 2.20. The van der Waals surface area contributed by atoms with E-state index in [0.717, 1.165) is 5.76 Å². The van der Waals surface area contributed by atoms with Crippen LogP contribution >= 0.6 is 0 Å². The van der Waals surface area contributed by atoms with Crippen LogP contribution in [0.1, 0.15) is 35.2 Å². The lowest BCUT2D eigenvalue weighted by Gasteiger charge is -2.11. The molecule has 0 bridgehead atoms. The third-order valence-corrected chi connectivity index (χ3v) is 3.51. The van der Waals surface area contributed by atoms with Crippen LogP contribution in [0.2, 0.25) is 0 Å². The zero-order valence-electron chi connectivity index (χ0n) is 12.7. The van der Waals surface area contributed by atoms with Crippen molar-refractivity contribution in [3.05, 3.63) is 58.8 Å². The lowest BCUT2D eigenvalue weighted by molar-refractivity contribution is -0.121. The zero-order valence-corrected chi connectivity index (χ0v) is 12.7. The number of nitrogens with one attached hydrogen (secondary N) is 1. The summed E-state index contributed by atoms with van der Waals surface area (Å²) in [4.78, 5) is 11.8. The topological polar surface area (TPSA) is 62.5 Å². The van der Waals surface area contributed by atoms with E-state index in [0.29, 0.717) is 23.3 Å². The van der Waals surface area contributed by atoms with Gasteiger partial charge in [-0.1, -0.05) is 18.2 Å². The molecule has 4 nitrogen and oxygen atoms in total. The van der Waals surface area contributed by atoms with Gasteiger partial charge in [-0.2, -0.15) is 0 Å². The maximum atomic E-state index is 13.4. The molecule has 2 N–H and O–H groups in total. The summed E-state index contributed by atoms with van der Waals surface area (Å²) in [5.74, 6) is 0.836. The third-order valence-electron chi connectivity index (χ3n) is 3.51. The number of aliphatic hydroxyl groups is 1. The molecule has 22 heavy (non-hydrogen) atoms. The highest BCUT2D eigenvalue weighted by Gasteiger charge is 2.15. The van der Waals surface area contributed by atoms with Crippen LogP contribution in [-0.2, 0) is 11.2 Å². The van der Waals surface area contributed by atoms with Crippen LogP contribution in [0.4, 0.5) is 4.39 Å². The monoisotopic (exact) mass is 305 g/mol. The Labute approximate surface area is 129 Å². The van der Waals surface area contributed by atoms with Gasteiger partial charge in [-0.15, -0.1) is 0 Å². The molecule has 0 fully saturated rings. The summed E-state index contributed by atoms with van der Waals surface area (Å²) >= 11 is 0. The first kappa shape index (κ1) is 16.2. The number of hydrogen-bond donors (Lipinski definition) is 2. The highest BCUT2D eigenvalue weighted by atomic mass is 19.1. The summed E-state index contributed by atoms with van der Waals surface area (Å²) in [6.07, 6.45) is -0.301. The summed E-state index contributed by atoms with van der Waals surface area (Å²) in [5.41, 5.74) is 1.19. The van der Waals surface area contributed by atoms with Gasteiger partial charge in [0.25, 0.3) is 0 Å². The third kappa shape index (κ3) is 4.18. The van der Waals surface area contributed by atoms with Gasteiger partial charge in [-0.3, -0.25) is 4.79 Å². The summed E-state index contributed by atoms with van der Waals surface area (Å²) in [6, 6.07) is 8.15. The number of benzene rings is 1. The van der Waals surface area contributed by atoms with Crippen molar-refractivity contribution in [2.45, 2.75) is 32.8 Å². The number of rotatable bonds is 6. The Bertz CT molecular complexity index is 651. The molecule has 1 atom stereocenters. The largest absolute Gasteiger partial charge is 0.466 e. The Morgan fingerprint density at radius 2 is 2.09 bits per heavy atom. The van der Waals surface area contributed by atoms with Gasteiger partial charge in [0.2, 0.25) is 5.91 Å². The van der Waals surface area contributed by atoms with Crippen molar-refractivity contribution in [1.29, 1.82) is 0 Å². The van der Waals surface area contributed by atoms with E-state index in [1.54, 1.807) is 38.1 Å². The van der Waals surface area contributed by atoms with Gasteiger partial charge in [-0.25, -0.2) is 4.39 Å². The van der Waals surface area contributed by atoms with Crippen LogP contribution in [0.3, 0.4) is 0 Å². The second-order valence-corrected chi connectivity index (χ2v) is 5.28. The normalized spacial score (nSPS) is 12.2. The number of carbonyl (C=O) groups excluding carboxylic acids is 1. The smallest absolute Gasteiger partial charge is 0.220 e. The van der Waals surface area contributed by atoms with E-state index in [-0.39, 0.29) is 24.7 Å². The van der Waals surface area contributed by atoms with Crippen LogP contribution in [0.5, 0.6) is 0 Å². The summed E-state index contributed by atoms with van der Waals surface area (Å²) in [5, 5.41) is 12.7. The van der Waals surface area contributed by atoms with Crippen molar-refractivity contribution in [2.75, 3.05) is 6.54 Å². The van der Waals surface area contributed by atoms with E-state index >= 15 is 0 Å². The van der Waals surface area contributed by atoms with Crippen molar-refractivity contribution in [3.8, 4) is 0 Å². The zero-order chi connectivity index (χ0) is 16.1. The van der Waals surface area contributed by atoms with E-state index in [1.807, 2.05) is 0 Å². The van der Waals surface area contributed by atoms with Crippen molar-refractivity contribution in [2.24, 2.45) is 0 Å². The first-order chi connectivity index (χ1) is 10.5. The van der Waals surface area contributed by atoms with E-state index in [2.05, 4.69) is 5.32 Å². The van der Waals surface area contributed by atoms with Crippen LogP contribution in [0, 0.1) is 19.7 Å². The Balaban J connectivity index is 1.80. The van der Waals surface area contributed by atoms with E-state index in [9.17, 15) is 14.3 Å². The number of amides is 1. The lowest BCUT2D eigenvalue weighted by atomic mass is 10.1. The standard InChI is InChI=1S/C17H20FNO3/c1-11-9-14(12(2)22-11)16(20)10-19-17(21)8-7-13-5-3-4-6-15(13)18/h3-6,9,16,20H,7-8,10H2,1-2H3,(H,19,21). The van der Waals surface area contributed by atoms with Gasteiger partial charge in [-0.05, 0) is 38.0 Å². The number of aliphatic hydroxyl groups excluding tert-OH is 1. The van der Waals surface area contributed by atoms with E-state index in [1.165, 1.54) is 6.07 Å². The quantitative estimate of drug-likeness (QED) is 0.862. The molecule has 1 amide bonds. The fourth-order valence-corrected chi connectivity index (χ4v) is 2.34. The fourth-order valence-electron chi connectivity index (χ4n) is 2.34. The molecule has 0 aliphatic rings. The molecule has 0 spiro atoms.